The van der Waals surface area contributed by atoms with E-state index in [2.05, 4.69) is 0 Å². The minimum Gasteiger partial charge on any atom is -0.396 e. The lowest BCUT2D eigenvalue weighted by Gasteiger charge is -2.04. The summed E-state index contributed by atoms with van der Waals surface area (Å²) in [5.74, 6) is 0. The van der Waals surface area contributed by atoms with E-state index in [1.54, 1.807) is 7.11 Å². The molecule has 140 valence electrons. The van der Waals surface area contributed by atoms with E-state index in [9.17, 15) is 0 Å². The summed E-state index contributed by atoms with van der Waals surface area (Å²) in [7, 11) is 1.67. The van der Waals surface area contributed by atoms with Crippen LogP contribution in [0.1, 0.15) is 103 Å². The lowest BCUT2D eigenvalue weighted by atomic mass is 10.0. The molecule has 0 aromatic rings. The Balaban J connectivity index is 2.92. The van der Waals surface area contributed by atoms with Crippen molar-refractivity contribution < 1.29 is 14.6 Å². The first-order valence-electron chi connectivity index (χ1n) is 10.1. The molecule has 1 N–H and O–H groups in total. The molecule has 0 heterocycles. The summed E-state index contributed by atoms with van der Waals surface area (Å²) in [5.41, 5.74) is 0. The topological polar surface area (TPSA) is 38.7 Å². The fraction of sp³-hybridized carbons (Fsp3) is 1.00. The Hall–Kier alpha value is -0.120. The maximum atomic E-state index is 8.70. The van der Waals surface area contributed by atoms with Crippen molar-refractivity contribution in [1.82, 2.24) is 0 Å². The van der Waals surface area contributed by atoms with Gasteiger partial charge in [-0.2, -0.15) is 0 Å². The van der Waals surface area contributed by atoms with Crippen LogP contribution < -0.4 is 0 Å². The zero-order valence-corrected chi connectivity index (χ0v) is 15.7. The van der Waals surface area contributed by atoms with Gasteiger partial charge in [0.25, 0.3) is 0 Å². The molecule has 0 saturated carbocycles. The van der Waals surface area contributed by atoms with Crippen molar-refractivity contribution in [3.05, 3.63) is 0 Å². The molecule has 0 aliphatic rings. The number of methoxy groups -OCH3 is 1. The third kappa shape index (κ3) is 21.9. The number of aliphatic hydroxyl groups excluding tert-OH is 1. The van der Waals surface area contributed by atoms with Crippen LogP contribution in [0, 0.1) is 0 Å². The molecule has 3 heteroatoms. The Labute approximate surface area is 145 Å². The Morgan fingerprint density at radius 2 is 0.870 bits per heavy atom. The first kappa shape index (κ1) is 22.9. The molecule has 0 saturated heterocycles. The van der Waals surface area contributed by atoms with Crippen LogP contribution in [0.3, 0.4) is 0 Å². The molecule has 23 heavy (non-hydrogen) atoms. The lowest BCUT2D eigenvalue weighted by molar-refractivity contribution is -0.0315. The number of ether oxygens (including phenoxy) is 2. The lowest BCUT2D eigenvalue weighted by Crippen LogP contribution is -1.98. The van der Waals surface area contributed by atoms with Gasteiger partial charge >= 0.3 is 0 Å². The van der Waals surface area contributed by atoms with E-state index in [-0.39, 0.29) is 0 Å². The van der Waals surface area contributed by atoms with Crippen LogP contribution in [0.2, 0.25) is 0 Å². The molecule has 0 aliphatic heterocycles. The van der Waals surface area contributed by atoms with Gasteiger partial charge in [-0.3, -0.25) is 0 Å². The summed E-state index contributed by atoms with van der Waals surface area (Å²) in [6.07, 6.45) is 21.4. The molecule has 0 aromatic carbocycles. The number of aliphatic hydroxyl groups is 1. The molecule has 0 spiro atoms. The fourth-order valence-corrected chi connectivity index (χ4v) is 2.93. The Morgan fingerprint density at radius 3 is 1.22 bits per heavy atom. The minimum atomic E-state index is 0.364. The van der Waals surface area contributed by atoms with E-state index < -0.39 is 0 Å². The quantitative estimate of drug-likeness (QED) is 0.225. The summed E-state index contributed by atoms with van der Waals surface area (Å²) in [6, 6.07) is 0. The maximum Gasteiger partial charge on any atom is 0.146 e. The molecule has 0 unspecified atom stereocenters. The van der Waals surface area contributed by atoms with Gasteiger partial charge in [0.15, 0.2) is 0 Å². The molecule has 0 rings (SSSR count). The Morgan fingerprint density at radius 1 is 0.522 bits per heavy atom. The van der Waals surface area contributed by atoms with Crippen molar-refractivity contribution in [3.8, 4) is 0 Å². The van der Waals surface area contributed by atoms with Crippen LogP contribution in [0.5, 0.6) is 0 Å². The average molecular weight is 331 g/mol. The maximum absolute atomic E-state index is 8.70. The van der Waals surface area contributed by atoms with E-state index >= 15 is 0 Å². The van der Waals surface area contributed by atoms with E-state index in [4.69, 9.17) is 14.6 Å². The Bertz CT molecular complexity index is 177. The zero-order valence-electron chi connectivity index (χ0n) is 15.7. The van der Waals surface area contributed by atoms with Gasteiger partial charge in [0.2, 0.25) is 0 Å². The summed E-state index contributed by atoms with van der Waals surface area (Å²) in [5, 5.41) is 8.70. The summed E-state index contributed by atoms with van der Waals surface area (Å²) < 4.78 is 10.1. The van der Waals surface area contributed by atoms with Crippen molar-refractivity contribution >= 4 is 0 Å². The van der Waals surface area contributed by atoms with Gasteiger partial charge in [0.05, 0.1) is 0 Å². The summed E-state index contributed by atoms with van der Waals surface area (Å²) >= 11 is 0. The monoisotopic (exact) mass is 330 g/mol. The summed E-state index contributed by atoms with van der Waals surface area (Å²) in [4.78, 5) is 0. The van der Waals surface area contributed by atoms with E-state index in [1.165, 1.54) is 96.3 Å². The zero-order chi connectivity index (χ0) is 16.8. The molecule has 3 nitrogen and oxygen atoms in total. The van der Waals surface area contributed by atoms with Gasteiger partial charge in [-0.1, -0.05) is 89.9 Å². The minimum absolute atomic E-state index is 0.364. The van der Waals surface area contributed by atoms with Gasteiger partial charge < -0.3 is 14.6 Å². The molecule has 0 atom stereocenters. The van der Waals surface area contributed by atoms with Gasteiger partial charge in [-0.05, 0) is 12.8 Å². The molecular formula is C20H42O3. The van der Waals surface area contributed by atoms with E-state index in [1.807, 2.05) is 0 Å². The predicted molar refractivity (Wildman–Crippen MR) is 98.8 cm³/mol. The highest BCUT2D eigenvalue weighted by atomic mass is 16.7. The second-order valence-corrected chi connectivity index (χ2v) is 6.70. The van der Waals surface area contributed by atoms with E-state index in [0.717, 1.165) is 13.0 Å². The SMILES string of the molecule is COCOCCCCCCCCCCCCCCCCCCO. The second kappa shape index (κ2) is 21.9. The predicted octanol–water partition coefficient (Wildman–Crippen LogP) is 5.84. The molecule has 0 bridgehead atoms. The number of rotatable bonds is 20. The van der Waals surface area contributed by atoms with Crippen LogP contribution in [-0.2, 0) is 9.47 Å². The van der Waals surface area contributed by atoms with E-state index in [0.29, 0.717) is 13.4 Å². The summed E-state index contributed by atoms with van der Waals surface area (Å²) in [6.45, 7) is 1.64. The largest absolute Gasteiger partial charge is 0.396 e. The second-order valence-electron chi connectivity index (χ2n) is 6.70. The average Bonchev–Trinajstić information content (AvgIpc) is 2.57. The third-order valence-electron chi connectivity index (χ3n) is 4.40. The third-order valence-corrected chi connectivity index (χ3v) is 4.40. The molecule has 0 fully saturated rings. The first-order chi connectivity index (χ1) is 11.4. The van der Waals surface area contributed by atoms with Crippen LogP contribution >= 0.6 is 0 Å². The first-order valence-corrected chi connectivity index (χ1v) is 10.1. The van der Waals surface area contributed by atoms with Crippen LogP contribution in [0.4, 0.5) is 0 Å². The fourth-order valence-electron chi connectivity index (χ4n) is 2.93. The van der Waals surface area contributed by atoms with Crippen molar-refractivity contribution in [3.63, 3.8) is 0 Å². The van der Waals surface area contributed by atoms with Crippen molar-refractivity contribution in [1.29, 1.82) is 0 Å². The number of unbranched alkanes of at least 4 members (excludes halogenated alkanes) is 15. The molecule has 0 aliphatic carbocycles. The number of hydrogen-bond donors (Lipinski definition) is 1. The van der Waals surface area contributed by atoms with Gasteiger partial charge in [0, 0.05) is 20.3 Å². The number of hydrogen-bond acceptors (Lipinski definition) is 3. The molecule has 0 aromatic heterocycles. The van der Waals surface area contributed by atoms with Crippen molar-refractivity contribution in [2.45, 2.75) is 103 Å². The highest BCUT2D eigenvalue weighted by molar-refractivity contribution is 4.50. The molecular weight excluding hydrogens is 288 g/mol. The van der Waals surface area contributed by atoms with Crippen LogP contribution in [0.15, 0.2) is 0 Å². The van der Waals surface area contributed by atoms with Crippen molar-refractivity contribution in [2.24, 2.45) is 0 Å². The van der Waals surface area contributed by atoms with Gasteiger partial charge in [-0.15, -0.1) is 0 Å². The Kier molecular flexibility index (Phi) is 21.8. The van der Waals surface area contributed by atoms with Gasteiger partial charge in [-0.25, -0.2) is 0 Å². The van der Waals surface area contributed by atoms with Crippen molar-refractivity contribution in [2.75, 3.05) is 27.1 Å². The smallest absolute Gasteiger partial charge is 0.146 e. The van der Waals surface area contributed by atoms with Gasteiger partial charge in [0.1, 0.15) is 6.79 Å². The van der Waals surface area contributed by atoms with Crippen LogP contribution in [-0.4, -0.2) is 32.2 Å². The molecule has 0 amide bonds. The normalized spacial score (nSPS) is 11.2. The van der Waals surface area contributed by atoms with Crippen LogP contribution in [0.25, 0.3) is 0 Å². The molecule has 0 radical (unpaired) electrons. The highest BCUT2D eigenvalue weighted by Gasteiger charge is 1.95. The highest BCUT2D eigenvalue weighted by Crippen LogP contribution is 2.13. The standard InChI is InChI=1S/C20H42O3/c1-22-20-23-19-17-15-13-11-9-7-5-3-2-4-6-8-10-12-14-16-18-21/h21H,2-20H2,1H3.